The van der Waals surface area contributed by atoms with E-state index in [4.69, 9.17) is 5.21 Å². The molecule has 0 aliphatic rings. The standard InChI is InChI=1S/C22H18N6O2/c29-22(27-30)18-3-1-16(2-4-18)15-28(21-14-24-11-12-25-21)20-6-5-19(13-26-20)17-7-9-23-10-8-17/h1-14,30H,15H2,(H,27,29). The molecule has 2 N–H and O–H groups in total. The van der Waals surface area contributed by atoms with Crippen LogP contribution in [0.2, 0.25) is 0 Å². The minimum atomic E-state index is -0.555. The Hall–Kier alpha value is -4.17. The molecule has 8 heteroatoms. The Labute approximate surface area is 172 Å². The van der Waals surface area contributed by atoms with Crippen molar-refractivity contribution in [1.29, 1.82) is 0 Å². The molecule has 4 rings (SSSR count). The second kappa shape index (κ2) is 8.89. The maximum atomic E-state index is 11.5. The Bertz CT molecular complexity index is 1100. The Morgan fingerprint density at radius 2 is 1.60 bits per heavy atom. The van der Waals surface area contributed by atoms with E-state index in [1.54, 1.807) is 48.6 Å². The van der Waals surface area contributed by atoms with E-state index in [9.17, 15) is 4.79 Å². The van der Waals surface area contributed by atoms with Gasteiger partial charge in [-0.05, 0) is 47.5 Å². The van der Waals surface area contributed by atoms with Gasteiger partial charge in [0.1, 0.15) is 5.82 Å². The summed E-state index contributed by atoms with van der Waals surface area (Å²) in [6, 6.07) is 14.7. The first kappa shape index (κ1) is 19.2. The number of anilines is 2. The summed E-state index contributed by atoms with van der Waals surface area (Å²) in [6.07, 6.45) is 10.2. The summed E-state index contributed by atoms with van der Waals surface area (Å²) < 4.78 is 0. The number of rotatable bonds is 6. The molecule has 0 spiro atoms. The minimum absolute atomic E-state index is 0.368. The molecule has 0 aliphatic heterocycles. The summed E-state index contributed by atoms with van der Waals surface area (Å²) in [5, 5.41) is 8.77. The number of hydrogen-bond acceptors (Lipinski definition) is 7. The van der Waals surface area contributed by atoms with Crippen molar-refractivity contribution in [2.24, 2.45) is 0 Å². The number of carbonyl (C=O) groups is 1. The molecule has 8 nitrogen and oxygen atoms in total. The number of benzene rings is 1. The molecule has 0 saturated carbocycles. The summed E-state index contributed by atoms with van der Waals surface area (Å²) in [6.45, 7) is 0.474. The van der Waals surface area contributed by atoms with Crippen LogP contribution in [0.4, 0.5) is 11.6 Å². The normalized spacial score (nSPS) is 10.4. The molecule has 0 atom stereocenters. The number of hydroxylamine groups is 1. The largest absolute Gasteiger partial charge is 0.305 e. The van der Waals surface area contributed by atoms with Crippen molar-refractivity contribution >= 4 is 17.5 Å². The Kier molecular flexibility index (Phi) is 5.68. The molecular weight excluding hydrogens is 380 g/mol. The van der Waals surface area contributed by atoms with Gasteiger partial charge in [-0.3, -0.25) is 20.0 Å². The predicted octanol–water partition coefficient (Wildman–Crippen LogP) is 3.39. The van der Waals surface area contributed by atoms with Gasteiger partial charge >= 0.3 is 0 Å². The van der Waals surface area contributed by atoms with Crippen LogP contribution in [0.25, 0.3) is 11.1 Å². The zero-order valence-corrected chi connectivity index (χ0v) is 15.9. The lowest BCUT2D eigenvalue weighted by atomic mass is 10.1. The highest BCUT2D eigenvalue weighted by molar-refractivity contribution is 5.93. The van der Waals surface area contributed by atoms with E-state index in [0.717, 1.165) is 16.7 Å². The van der Waals surface area contributed by atoms with Gasteiger partial charge in [0.15, 0.2) is 5.82 Å². The predicted molar refractivity (Wildman–Crippen MR) is 111 cm³/mol. The second-order valence-corrected chi connectivity index (χ2v) is 6.43. The third-order valence-corrected chi connectivity index (χ3v) is 4.52. The van der Waals surface area contributed by atoms with Gasteiger partial charge in [0, 0.05) is 42.1 Å². The molecule has 1 aromatic carbocycles. The lowest BCUT2D eigenvalue weighted by Gasteiger charge is -2.23. The fourth-order valence-electron chi connectivity index (χ4n) is 2.98. The van der Waals surface area contributed by atoms with E-state index in [0.29, 0.717) is 23.7 Å². The van der Waals surface area contributed by atoms with E-state index in [1.165, 1.54) is 0 Å². The number of pyridine rings is 2. The topological polar surface area (TPSA) is 104 Å². The fraction of sp³-hybridized carbons (Fsp3) is 0.0455. The van der Waals surface area contributed by atoms with Crippen LogP contribution < -0.4 is 10.4 Å². The highest BCUT2D eigenvalue weighted by Crippen LogP contribution is 2.26. The van der Waals surface area contributed by atoms with Crippen molar-refractivity contribution in [3.05, 3.63) is 96.8 Å². The van der Waals surface area contributed by atoms with Crippen molar-refractivity contribution in [3.63, 3.8) is 0 Å². The summed E-state index contributed by atoms with van der Waals surface area (Å²) >= 11 is 0. The zero-order chi connectivity index (χ0) is 20.8. The zero-order valence-electron chi connectivity index (χ0n) is 15.9. The van der Waals surface area contributed by atoms with Crippen LogP contribution in [0, 0.1) is 0 Å². The second-order valence-electron chi connectivity index (χ2n) is 6.43. The van der Waals surface area contributed by atoms with Crippen LogP contribution in [0.3, 0.4) is 0 Å². The van der Waals surface area contributed by atoms with Gasteiger partial charge in [0.2, 0.25) is 0 Å². The molecular formula is C22H18N6O2. The Morgan fingerprint density at radius 3 is 2.23 bits per heavy atom. The van der Waals surface area contributed by atoms with Gasteiger partial charge in [-0.15, -0.1) is 0 Å². The van der Waals surface area contributed by atoms with E-state index < -0.39 is 5.91 Å². The van der Waals surface area contributed by atoms with E-state index in [1.807, 2.05) is 47.5 Å². The van der Waals surface area contributed by atoms with Crippen molar-refractivity contribution in [2.75, 3.05) is 4.90 Å². The minimum Gasteiger partial charge on any atom is -0.305 e. The average Bonchev–Trinajstić information content (AvgIpc) is 2.84. The maximum Gasteiger partial charge on any atom is 0.274 e. The highest BCUT2D eigenvalue weighted by atomic mass is 16.5. The van der Waals surface area contributed by atoms with Gasteiger partial charge in [0.05, 0.1) is 12.7 Å². The van der Waals surface area contributed by atoms with Crippen molar-refractivity contribution < 1.29 is 10.0 Å². The molecule has 0 unspecified atom stereocenters. The molecule has 3 heterocycles. The third kappa shape index (κ3) is 4.29. The summed E-state index contributed by atoms with van der Waals surface area (Å²) in [4.78, 5) is 30.7. The first-order chi connectivity index (χ1) is 14.7. The van der Waals surface area contributed by atoms with Crippen molar-refractivity contribution in [1.82, 2.24) is 25.4 Å². The Morgan fingerprint density at radius 1 is 0.800 bits per heavy atom. The van der Waals surface area contributed by atoms with Gasteiger partial charge in [-0.1, -0.05) is 12.1 Å². The summed E-state index contributed by atoms with van der Waals surface area (Å²) in [5.74, 6) is 0.810. The monoisotopic (exact) mass is 398 g/mol. The van der Waals surface area contributed by atoms with Gasteiger partial charge in [0.25, 0.3) is 5.91 Å². The van der Waals surface area contributed by atoms with Crippen LogP contribution in [-0.4, -0.2) is 31.1 Å². The molecule has 148 valence electrons. The van der Waals surface area contributed by atoms with Gasteiger partial charge in [-0.2, -0.15) is 0 Å². The molecule has 0 radical (unpaired) electrons. The summed E-state index contributed by atoms with van der Waals surface area (Å²) in [5.41, 5.74) is 4.96. The van der Waals surface area contributed by atoms with Gasteiger partial charge in [-0.25, -0.2) is 15.4 Å². The quantitative estimate of drug-likeness (QED) is 0.379. The van der Waals surface area contributed by atoms with Gasteiger partial charge < -0.3 is 4.90 Å². The van der Waals surface area contributed by atoms with E-state index in [2.05, 4.69) is 19.9 Å². The van der Waals surface area contributed by atoms with Crippen molar-refractivity contribution in [3.8, 4) is 11.1 Å². The smallest absolute Gasteiger partial charge is 0.274 e. The molecule has 0 saturated heterocycles. The first-order valence-electron chi connectivity index (χ1n) is 9.18. The molecule has 1 amide bonds. The van der Waals surface area contributed by atoms with Crippen LogP contribution in [0.5, 0.6) is 0 Å². The number of hydrogen-bond donors (Lipinski definition) is 2. The molecule has 30 heavy (non-hydrogen) atoms. The Balaban J connectivity index is 1.63. The van der Waals surface area contributed by atoms with Crippen molar-refractivity contribution in [2.45, 2.75) is 6.54 Å². The molecule has 3 aromatic heterocycles. The van der Waals surface area contributed by atoms with Crippen LogP contribution in [0.1, 0.15) is 15.9 Å². The van der Waals surface area contributed by atoms with E-state index in [-0.39, 0.29) is 0 Å². The highest BCUT2D eigenvalue weighted by Gasteiger charge is 2.14. The van der Waals surface area contributed by atoms with E-state index >= 15 is 0 Å². The number of amides is 1. The lowest BCUT2D eigenvalue weighted by Crippen LogP contribution is -2.20. The molecule has 0 bridgehead atoms. The third-order valence-electron chi connectivity index (χ3n) is 4.52. The molecule has 4 aromatic rings. The van der Waals surface area contributed by atoms with Crippen LogP contribution in [-0.2, 0) is 6.54 Å². The van der Waals surface area contributed by atoms with Crippen LogP contribution in [0.15, 0.2) is 85.7 Å². The first-order valence-corrected chi connectivity index (χ1v) is 9.18. The number of nitrogens with one attached hydrogen (secondary N) is 1. The summed E-state index contributed by atoms with van der Waals surface area (Å²) in [7, 11) is 0. The SMILES string of the molecule is O=C(NO)c1ccc(CN(c2ccc(-c3ccncc3)cn2)c2cnccn2)cc1. The molecule has 0 aliphatic carbocycles. The molecule has 0 fully saturated rings. The lowest BCUT2D eigenvalue weighted by molar-refractivity contribution is 0.0706. The average molecular weight is 398 g/mol. The number of nitrogens with zero attached hydrogens (tertiary/aromatic N) is 5. The maximum absolute atomic E-state index is 11.5. The fourth-order valence-corrected chi connectivity index (χ4v) is 2.98. The number of aromatic nitrogens is 4. The van der Waals surface area contributed by atoms with Crippen LogP contribution >= 0.6 is 0 Å². The number of carbonyl (C=O) groups excluding carboxylic acids is 1.